The predicted octanol–water partition coefficient (Wildman–Crippen LogP) is 1.63. The second-order valence-corrected chi connectivity index (χ2v) is 4.87. The lowest BCUT2D eigenvalue weighted by Gasteiger charge is -2.36. The van der Waals surface area contributed by atoms with E-state index in [0.29, 0.717) is 17.6 Å². The van der Waals surface area contributed by atoms with Gasteiger partial charge in [0.2, 0.25) is 0 Å². The number of halogens is 1. The van der Waals surface area contributed by atoms with E-state index in [0.717, 1.165) is 18.8 Å². The first-order chi connectivity index (χ1) is 8.06. The van der Waals surface area contributed by atoms with Crippen molar-refractivity contribution in [2.45, 2.75) is 32.9 Å². The summed E-state index contributed by atoms with van der Waals surface area (Å²) in [7, 11) is 0. The SMILES string of the molecule is Cc1ccc(C(=O)N2CC(C)NC(C)C2)cn1.Cl. The summed E-state index contributed by atoms with van der Waals surface area (Å²) in [5, 5.41) is 3.42. The Hall–Kier alpha value is -1.13. The first kappa shape index (κ1) is 14.9. The molecule has 2 unspecified atom stereocenters. The van der Waals surface area contributed by atoms with Gasteiger partial charge in [-0.25, -0.2) is 0 Å². The molecule has 1 saturated heterocycles. The molecule has 1 aromatic rings. The van der Waals surface area contributed by atoms with Crippen LogP contribution in [0.2, 0.25) is 0 Å². The van der Waals surface area contributed by atoms with Gasteiger partial charge >= 0.3 is 0 Å². The molecule has 5 heteroatoms. The number of aromatic nitrogens is 1. The Kier molecular flexibility index (Phi) is 5.11. The standard InChI is InChI=1S/C13H19N3O.ClH/c1-9-4-5-12(6-14-9)13(17)16-7-10(2)15-11(3)8-16;/h4-6,10-11,15H,7-8H2,1-3H3;1H. The van der Waals surface area contributed by atoms with E-state index in [1.54, 1.807) is 6.20 Å². The molecule has 1 amide bonds. The van der Waals surface area contributed by atoms with Crippen molar-refractivity contribution >= 4 is 18.3 Å². The van der Waals surface area contributed by atoms with Gasteiger partial charge in [0.05, 0.1) is 5.56 Å². The zero-order chi connectivity index (χ0) is 12.4. The maximum absolute atomic E-state index is 12.3. The fourth-order valence-electron chi connectivity index (χ4n) is 2.27. The van der Waals surface area contributed by atoms with E-state index in [-0.39, 0.29) is 18.3 Å². The summed E-state index contributed by atoms with van der Waals surface area (Å²) in [5.41, 5.74) is 1.61. The first-order valence-electron chi connectivity index (χ1n) is 6.04. The number of hydrogen-bond donors (Lipinski definition) is 1. The summed E-state index contributed by atoms with van der Waals surface area (Å²) in [6.45, 7) is 7.64. The van der Waals surface area contributed by atoms with Gasteiger partial charge in [-0.15, -0.1) is 12.4 Å². The van der Waals surface area contributed by atoms with E-state index in [1.165, 1.54) is 0 Å². The number of carbonyl (C=O) groups is 1. The smallest absolute Gasteiger partial charge is 0.255 e. The molecule has 4 nitrogen and oxygen atoms in total. The molecule has 0 aliphatic carbocycles. The Labute approximate surface area is 114 Å². The third-order valence-corrected chi connectivity index (χ3v) is 3.00. The number of nitrogens with one attached hydrogen (secondary N) is 1. The van der Waals surface area contributed by atoms with E-state index in [1.807, 2.05) is 24.0 Å². The van der Waals surface area contributed by atoms with Gasteiger partial charge in [0.15, 0.2) is 0 Å². The molecule has 100 valence electrons. The van der Waals surface area contributed by atoms with Crippen LogP contribution >= 0.6 is 12.4 Å². The van der Waals surface area contributed by atoms with Crippen LogP contribution in [0.1, 0.15) is 29.9 Å². The zero-order valence-corrected chi connectivity index (χ0v) is 11.8. The molecule has 2 atom stereocenters. The highest BCUT2D eigenvalue weighted by atomic mass is 35.5. The molecule has 0 bridgehead atoms. The summed E-state index contributed by atoms with van der Waals surface area (Å²) in [5.74, 6) is 0.0812. The summed E-state index contributed by atoms with van der Waals surface area (Å²) in [4.78, 5) is 18.3. The van der Waals surface area contributed by atoms with Crippen LogP contribution in [-0.2, 0) is 0 Å². The van der Waals surface area contributed by atoms with Crippen LogP contribution < -0.4 is 5.32 Å². The minimum Gasteiger partial charge on any atom is -0.335 e. The minimum absolute atomic E-state index is 0. The van der Waals surface area contributed by atoms with Crippen LogP contribution in [0.25, 0.3) is 0 Å². The summed E-state index contributed by atoms with van der Waals surface area (Å²) in [6, 6.07) is 4.42. The van der Waals surface area contributed by atoms with Gasteiger partial charge in [-0.05, 0) is 32.9 Å². The maximum Gasteiger partial charge on any atom is 0.255 e. The van der Waals surface area contributed by atoms with Crippen LogP contribution in [0.4, 0.5) is 0 Å². The second-order valence-electron chi connectivity index (χ2n) is 4.87. The number of amides is 1. The van der Waals surface area contributed by atoms with Crippen LogP contribution in [0, 0.1) is 6.92 Å². The van der Waals surface area contributed by atoms with E-state index in [4.69, 9.17) is 0 Å². The van der Waals surface area contributed by atoms with Gasteiger partial charge in [0.25, 0.3) is 5.91 Å². The van der Waals surface area contributed by atoms with Crippen LogP contribution in [0.15, 0.2) is 18.3 Å². The minimum atomic E-state index is 0. The molecule has 0 radical (unpaired) electrons. The zero-order valence-electron chi connectivity index (χ0n) is 11.0. The molecule has 1 fully saturated rings. The monoisotopic (exact) mass is 269 g/mol. The highest BCUT2D eigenvalue weighted by Gasteiger charge is 2.25. The number of rotatable bonds is 1. The molecule has 0 aromatic carbocycles. The van der Waals surface area contributed by atoms with Gasteiger partial charge in [-0.3, -0.25) is 9.78 Å². The quantitative estimate of drug-likeness (QED) is 0.843. The van der Waals surface area contributed by atoms with Crippen molar-refractivity contribution in [1.82, 2.24) is 15.2 Å². The lowest BCUT2D eigenvalue weighted by molar-refractivity contribution is 0.0673. The fraction of sp³-hybridized carbons (Fsp3) is 0.538. The van der Waals surface area contributed by atoms with Crippen LogP contribution in [0.3, 0.4) is 0 Å². The predicted molar refractivity (Wildman–Crippen MR) is 74.2 cm³/mol. The number of hydrogen-bond acceptors (Lipinski definition) is 3. The van der Waals surface area contributed by atoms with Gasteiger partial charge < -0.3 is 10.2 Å². The van der Waals surface area contributed by atoms with E-state index < -0.39 is 0 Å². The van der Waals surface area contributed by atoms with E-state index >= 15 is 0 Å². The van der Waals surface area contributed by atoms with Gasteiger partial charge in [0, 0.05) is 37.1 Å². The van der Waals surface area contributed by atoms with Crippen LogP contribution in [0.5, 0.6) is 0 Å². The van der Waals surface area contributed by atoms with Crippen molar-refractivity contribution < 1.29 is 4.79 Å². The molecule has 0 saturated carbocycles. The third-order valence-electron chi connectivity index (χ3n) is 3.00. The molecule has 2 rings (SSSR count). The maximum atomic E-state index is 12.3. The Morgan fingerprint density at radius 1 is 1.33 bits per heavy atom. The molecular formula is C13H20ClN3O. The molecule has 1 N–H and O–H groups in total. The van der Waals surface area contributed by atoms with Crippen molar-refractivity contribution in [3.63, 3.8) is 0 Å². The molecule has 18 heavy (non-hydrogen) atoms. The Balaban J connectivity index is 0.00000162. The number of piperazine rings is 1. The van der Waals surface area contributed by atoms with Crippen molar-refractivity contribution in [1.29, 1.82) is 0 Å². The van der Waals surface area contributed by atoms with Crippen molar-refractivity contribution in [3.05, 3.63) is 29.6 Å². The van der Waals surface area contributed by atoms with Crippen molar-refractivity contribution in [3.8, 4) is 0 Å². The first-order valence-corrected chi connectivity index (χ1v) is 6.04. The van der Waals surface area contributed by atoms with E-state index in [2.05, 4.69) is 24.1 Å². The van der Waals surface area contributed by atoms with Crippen molar-refractivity contribution in [2.75, 3.05) is 13.1 Å². The molecule has 1 aliphatic rings. The van der Waals surface area contributed by atoms with Gasteiger partial charge in [-0.1, -0.05) is 0 Å². The average Bonchev–Trinajstić information content (AvgIpc) is 2.28. The fourth-order valence-corrected chi connectivity index (χ4v) is 2.27. The summed E-state index contributed by atoms with van der Waals surface area (Å²) < 4.78 is 0. The summed E-state index contributed by atoms with van der Waals surface area (Å²) >= 11 is 0. The average molecular weight is 270 g/mol. The van der Waals surface area contributed by atoms with Crippen molar-refractivity contribution in [2.24, 2.45) is 0 Å². The van der Waals surface area contributed by atoms with Gasteiger partial charge in [-0.2, -0.15) is 0 Å². The summed E-state index contributed by atoms with van der Waals surface area (Å²) in [6.07, 6.45) is 1.66. The number of aryl methyl sites for hydroxylation is 1. The Morgan fingerprint density at radius 3 is 2.44 bits per heavy atom. The van der Waals surface area contributed by atoms with Gasteiger partial charge in [0.1, 0.15) is 0 Å². The van der Waals surface area contributed by atoms with Crippen LogP contribution in [-0.4, -0.2) is 41.0 Å². The topological polar surface area (TPSA) is 45.2 Å². The molecule has 2 heterocycles. The molecular weight excluding hydrogens is 250 g/mol. The van der Waals surface area contributed by atoms with E-state index in [9.17, 15) is 4.79 Å². The highest BCUT2D eigenvalue weighted by molar-refractivity contribution is 5.94. The highest BCUT2D eigenvalue weighted by Crippen LogP contribution is 2.10. The third kappa shape index (κ3) is 3.43. The number of carbonyl (C=O) groups excluding carboxylic acids is 1. The second kappa shape index (κ2) is 6.16. The normalized spacial score (nSPS) is 23.4. The number of pyridine rings is 1. The lowest BCUT2D eigenvalue weighted by atomic mass is 10.1. The number of nitrogens with zero attached hydrogens (tertiary/aromatic N) is 2. The lowest BCUT2D eigenvalue weighted by Crippen LogP contribution is -2.55. The Morgan fingerprint density at radius 2 is 1.94 bits per heavy atom. The molecule has 1 aromatic heterocycles. The largest absolute Gasteiger partial charge is 0.335 e. The molecule has 0 spiro atoms. The molecule has 1 aliphatic heterocycles. The Bertz CT molecular complexity index is 397.